The molecule has 2 aliphatic rings. The van der Waals surface area contributed by atoms with Gasteiger partial charge in [0.1, 0.15) is 29.2 Å². The molecule has 2 heterocycles. The number of benzene rings is 2. The molecular formula is C29H33N3O9S. The van der Waals surface area contributed by atoms with Crippen molar-refractivity contribution in [3.05, 3.63) is 77.5 Å². The molecule has 4 N–H and O–H groups in total. The van der Waals surface area contributed by atoms with Gasteiger partial charge in [0.15, 0.2) is 0 Å². The molecule has 0 saturated carbocycles. The summed E-state index contributed by atoms with van der Waals surface area (Å²) >= 11 is 1.33. The largest absolute Gasteiger partial charge is 0.508 e. The van der Waals surface area contributed by atoms with Crippen LogP contribution in [0.15, 0.2) is 66.4 Å². The molecule has 2 amide bonds. The number of phenols is 1. The molecule has 0 aromatic heterocycles. The van der Waals surface area contributed by atoms with E-state index >= 15 is 0 Å². The van der Waals surface area contributed by atoms with E-state index < -0.39 is 52.0 Å². The summed E-state index contributed by atoms with van der Waals surface area (Å²) < 4.78 is 8.38. The average Bonchev–Trinajstić information content (AvgIpc) is 3.23. The predicted octanol–water partition coefficient (Wildman–Crippen LogP) is 2.20. The van der Waals surface area contributed by atoms with E-state index in [0.29, 0.717) is 16.8 Å². The number of β-lactam (4-membered cyclic amide) rings is 1. The number of rotatable bonds is 8. The molecule has 2 fully saturated rings. The highest BCUT2D eigenvalue weighted by atomic mass is 32.2. The minimum atomic E-state index is -1.09. The Kier molecular flexibility index (Phi) is 10.2. The van der Waals surface area contributed by atoms with Crippen LogP contribution in [0.5, 0.6) is 5.75 Å². The Hall–Kier alpha value is -4.52. The Labute approximate surface area is 247 Å². The highest BCUT2D eigenvalue weighted by Crippen LogP contribution is 2.50. The fraction of sp³-hybridized carbons (Fsp3) is 0.345. The second kappa shape index (κ2) is 13.4. The van der Waals surface area contributed by atoms with E-state index in [-0.39, 0.29) is 11.7 Å². The number of aliphatic carboxylic acids is 1. The number of aromatic hydroxyl groups is 1. The first kappa shape index (κ1) is 32.0. The van der Waals surface area contributed by atoms with E-state index in [4.69, 9.17) is 0 Å². The van der Waals surface area contributed by atoms with E-state index in [9.17, 15) is 34.2 Å². The van der Waals surface area contributed by atoms with Gasteiger partial charge >= 0.3 is 17.9 Å². The molecule has 2 saturated heterocycles. The third-order valence-electron chi connectivity index (χ3n) is 6.56. The normalized spacial score (nSPS) is 21.0. The minimum Gasteiger partial charge on any atom is -0.508 e. The SMILES string of the molecule is COC(=O)C=C(C)NC(C(=O)N[C@@H]1C(=O)N2[C@@H]1SC(C)(C)[C@@H]2C(=O)O)c1ccc(O)cc1.COC(=O)c1ccccc1. The first-order valence-electron chi connectivity index (χ1n) is 12.8. The van der Waals surface area contributed by atoms with Crippen molar-refractivity contribution in [3.8, 4) is 5.75 Å². The van der Waals surface area contributed by atoms with Crippen molar-refractivity contribution in [1.82, 2.24) is 15.5 Å². The first-order valence-corrected chi connectivity index (χ1v) is 13.7. The summed E-state index contributed by atoms with van der Waals surface area (Å²) in [5, 5.41) is 24.3. The molecule has 2 aliphatic heterocycles. The number of thioether (sulfide) groups is 1. The zero-order chi connectivity index (χ0) is 31.2. The van der Waals surface area contributed by atoms with Gasteiger partial charge in [0, 0.05) is 16.5 Å². The van der Waals surface area contributed by atoms with Gasteiger partial charge in [-0.1, -0.05) is 30.3 Å². The van der Waals surface area contributed by atoms with Crippen LogP contribution >= 0.6 is 11.8 Å². The molecule has 0 radical (unpaired) electrons. The highest BCUT2D eigenvalue weighted by Gasteiger charge is 2.64. The number of esters is 2. The fourth-order valence-electron chi connectivity index (χ4n) is 4.55. The summed E-state index contributed by atoms with van der Waals surface area (Å²) in [6.07, 6.45) is 1.18. The molecule has 1 unspecified atom stereocenters. The van der Waals surface area contributed by atoms with Gasteiger partial charge < -0.3 is 35.2 Å². The zero-order valence-corrected chi connectivity index (χ0v) is 24.5. The molecule has 4 rings (SSSR count). The number of hydrogen-bond donors (Lipinski definition) is 4. The van der Waals surface area contributed by atoms with Crippen LogP contribution in [0.1, 0.15) is 42.7 Å². The molecule has 4 atom stereocenters. The summed E-state index contributed by atoms with van der Waals surface area (Å²) in [5.74, 6) is -2.96. The number of phenolic OH excluding ortho intramolecular Hbond substituents is 1. The standard InChI is InChI=1S/C21H25N3O7S.C8H8O2/c1-10(9-13(26)31-4)22-14(11-5-7-12(25)8-6-11)17(27)23-15-18(28)24-16(20(29)30)21(2,3)32-19(15)24;1-10-8(9)7-5-3-2-4-6-7/h5-9,14-16,19,22,25H,1-4H3,(H,23,27)(H,29,30);2-6H,1H3/t14?,15-,16+,19-;/m1./s1. The van der Waals surface area contributed by atoms with Crippen molar-refractivity contribution >= 4 is 41.5 Å². The number of nitrogens with zero attached hydrogens (tertiary/aromatic N) is 1. The lowest BCUT2D eigenvalue weighted by atomic mass is 9.95. The molecule has 13 heteroatoms. The second-order valence-corrected chi connectivity index (χ2v) is 11.7. The van der Waals surface area contributed by atoms with Crippen molar-refractivity contribution in [2.24, 2.45) is 0 Å². The van der Waals surface area contributed by atoms with Gasteiger partial charge in [-0.05, 0) is 50.6 Å². The van der Waals surface area contributed by atoms with Gasteiger partial charge in [-0.3, -0.25) is 9.59 Å². The Bertz CT molecular complexity index is 1360. The first-order chi connectivity index (χ1) is 19.8. The second-order valence-electron chi connectivity index (χ2n) is 9.96. The maximum absolute atomic E-state index is 13.2. The number of carboxylic acid groups (broad SMARTS) is 1. The molecule has 2 aromatic rings. The minimum absolute atomic E-state index is 0.0174. The van der Waals surface area contributed by atoms with Crippen LogP contribution in [0.4, 0.5) is 0 Å². The topological polar surface area (TPSA) is 172 Å². The molecular weight excluding hydrogens is 566 g/mol. The van der Waals surface area contributed by atoms with Crippen LogP contribution in [0, 0.1) is 0 Å². The highest BCUT2D eigenvalue weighted by molar-refractivity contribution is 8.01. The fourth-order valence-corrected chi connectivity index (χ4v) is 6.17. The Morgan fingerprint density at radius 1 is 1.02 bits per heavy atom. The number of hydrogen-bond acceptors (Lipinski definition) is 10. The summed E-state index contributed by atoms with van der Waals surface area (Å²) in [4.78, 5) is 61.1. The number of carbonyl (C=O) groups excluding carboxylic acids is 4. The van der Waals surface area contributed by atoms with Gasteiger partial charge in [0.25, 0.3) is 0 Å². The van der Waals surface area contributed by atoms with E-state index in [0.717, 1.165) is 0 Å². The molecule has 2 aromatic carbocycles. The molecule has 224 valence electrons. The van der Waals surface area contributed by atoms with Gasteiger partial charge in [-0.25, -0.2) is 14.4 Å². The van der Waals surface area contributed by atoms with Gasteiger partial charge in [0.2, 0.25) is 11.8 Å². The van der Waals surface area contributed by atoms with Crippen molar-refractivity contribution in [2.45, 2.75) is 49.0 Å². The van der Waals surface area contributed by atoms with Crippen LogP contribution in [-0.4, -0.2) is 81.3 Å². The number of fused-ring (bicyclic) bond motifs is 1. The van der Waals surface area contributed by atoms with Crippen molar-refractivity contribution < 1.29 is 43.7 Å². The lowest BCUT2D eigenvalue weighted by Crippen LogP contribution is -2.71. The smallest absolute Gasteiger partial charge is 0.337 e. The maximum Gasteiger partial charge on any atom is 0.337 e. The van der Waals surface area contributed by atoms with Crippen molar-refractivity contribution in [3.63, 3.8) is 0 Å². The van der Waals surface area contributed by atoms with Crippen molar-refractivity contribution in [2.75, 3.05) is 14.2 Å². The molecule has 0 aliphatic carbocycles. The molecule has 0 bridgehead atoms. The monoisotopic (exact) mass is 599 g/mol. The van der Waals surface area contributed by atoms with Crippen LogP contribution in [0.3, 0.4) is 0 Å². The van der Waals surface area contributed by atoms with Crippen LogP contribution in [0.2, 0.25) is 0 Å². The summed E-state index contributed by atoms with van der Waals surface area (Å²) in [7, 11) is 2.60. The molecule has 42 heavy (non-hydrogen) atoms. The lowest BCUT2D eigenvalue weighted by Gasteiger charge is -2.44. The number of ether oxygens (including phenoxy) is 2. The third kappa shape index (κ3) is 7.21. The lowest BCUT2D eigenvalue weighted by molar-refractivity contribution is -0.161. The number of carboxylic acids is 1. The van der Waals surface area contributed by atoms with E-state index in [1.807, 2.05) is 6.07 Å². The van der Waals surface area contributed by atoms with E-state index in [1.54, 1.807) is 57.2 Å². The Morgan fingerprint density at radius 2 is 1.64 bits per heavy atom. The number of nitrogens with one attached hydrogen (secondary N) is 2. The van der Waals surface area contributed by atoms with Gasteiger partial charge in [-0.15, -0.1) is 11.8 Å². The quantitative estimate of drug-likeness (QED) is 0.199. The zero-order valence-electron chi connectivity index (χ0n) is 23.7. The van der Waals surface area contributed by atoms with Crippen LogP contribution < -0.4 is 10.6 Å². The number of carbonyl (C=O) groups is 5. The van der Waals surface area contributed by atoms with Crippen LogP contribution in [0.25, 0.3) is 0 Å². The summed E-state index contributed by atoms with van der Waals surface area (Å²) in [6, 6.07) is 12.0. The average molecular weight is 600 g/mol. The summed E-state index contributed by atoms with van der Waals surface area (Å²) in [5.41, 5.74) is 1.43. The van der Waals surface area contributed by atoms with Crippen LogP contribution in [-0.2, 0) is 28.7 Å². The van der Waals surface area contributed by atoms with Crippen molar-refractivity contribution in [1.29, 1.82) is 0 Å². The predicted molar refractivity (Wildman–Crippen MR) is 153 cm³/mol. The third-order valence-corrected chi connectivity index (χ3v) is 8.14. The number of allylic oxidation sites excluding steroid dienone is 1. The van der Waals surface area contributed by atoms with E-state index in [2.05, 4.69) is 20.1 Å². The Morgan fingerprint density at radius 3 is 2.19 bits per heavy atom. The number of amides is 2. The van der Waals surface area contributed by atoms with E-state index in [1.165, 1.54) is 49.1 Å². The molecule has 12 nitrogen and oxygen atoms in total. The van der Waals surface area contributed by atoms with Gasteiger partial charge in [-0.2, -0.15) is 0 Å². The Balaban J connectivity index is 0.000000408. The van der Waals surface area contributed by atoms with Gasteiger partial charge in [0.05, 0.1) is 19.8 Å². The summed E-state index contributed by atoms with van der Waals surface area (Å²) in [6.45, 7) is 5.09. The number of methoxy groups -OCH3 is 2. The maximum atomic E-state index is 13.2. The molecule has 0 spiro atoms.